The highest BCUT2D eigenvalue weighted by atomic mass is 16.3. The molecule has 0 aliphatic rings. The van der Waals surface area contributed by atoms with Crippen molar-refractivity contribution in [1.82, 2.24) is 20.2 Å². The van der Waals surface area contributed by atoms with Crippen molar-refractivity contribution in [3.05, 3.63) is 59.9 Å². The van der Waals surface area contributed by atoms with Crippen LogP contribution in [0, 0.1) is 0 Å². The van der Waals surface area contributed by atoms with Gasteiger partial charge in [-0.05, 0) is 56.9 Å². The first-order chi connectivity index (χ1) is 13.2. The standard InChI is InChI=1S/C21H27N5O/c1-22-11-6-12-23-21-18-9-3-4-10-19(18)24-20(25-21)15-26(2)14-16-7-5-8-17(27)13-16/h3-5,7-10,13,22,27H,6,11-12,14-15H2,1-2H3,(H,23,24,25). The molecule has 0 saturated heterocycles. The van der Waals surface area contributed by atoms with Gasteiger partial charge in [-0.15, -0.1) is 0 Å². The van der Waals surface area contributed by atoms with Gasteiger partial charge in [0.25, 0.3) is 0 Å². The van der Waals surface area contributed by atoms with Crippen molar-refractivity contribution in [3.63, 3.8) is 0 Å². The lowest BCUT2D eigenvalue weighted by Crippen LogP contribution is -2.20. The zero-order valence-electron chi connectivity index (χ0n) is 15.9. The number of hydrogen-bond donors (Lipinski definition) is 3. The summed E-state index contributed by atoms with van der Waals surface area (Å²) < 4.78 is 0. The fourth-order valence-electron chi connectivity index (χ4n) is 3.07. The van der Waals surface area contributed by atoms with Crippen LogP contribution in [-0.4, -0.2) is 47.2 Å². The summed E-state index contributed by atoms with van der Waals surface area (Å²) in [7, 11) is 3.99. The lowest BCUT2D eigenvalue weighted by atomic mass is 10.2. The number of fused-ring (bicyclic) bond motifs is 1. The Hall–Kier alpha value is -2.70. The van der Waals surface area contributed by atoms with E-state index in [1.807, 2.05) is 44.4 Å². The second-order valence-electron chi connectivity index (χ2n) is 6.73. The summed E-state index contributed by atoms with van der Waals surface area (Å²) in [6, 6.07) is 15.4. The molecule has 3 rings (SSSR count). The van der Waals surface area contributed by atoms with Crippen molar-refractivity contribution >= 4 is 16.7 Å². The summed E-state index contributed by atoms with van der Waals surface area (Å²) in [6.07, 6.45) is 1.03. The molecule has 1 heterocycles. The van der Waals surface area contributed by atoms with Gasteiger partial charge in [-0.3, -0.25) is 4.90 Å². The normalized spacial score (nSPS) is 11.2. The van der Waals surface area contributed by atoms with Gasteiger partial charge in [0.1, 0.15) is 17.4 Å². The van der Waals surface area contributed by atoms with Gasteiger partial charge in [-0.2, -0.15) is 0 Å². The number of aromatic hydroxyl groups is 1. The summed E-state index contributed by atoms with van der Waals surface area (Å²) >= 11 is 0. The quantitative estimate of drug-likeness (QED) is 0.506. The first kappa shape index (κ1) is 19.1. The minimum Gasteiger partial charge on any atom is -0.508 e. The first-order valence-electron chi connectivity index (χ1n) is 9.26. The molecule has 142 valence electrons. The topological polar surface area (TPSA) is 73.3 Å². The van der Waals surface area contributed by atoms with Crippen LogP contribution in [0.25, 0.3) is 10.9 Å². The number of anilines is 1. The van der Waals surface area contributed by atoms with E-state index in [0.717, 1.165) is 54.2 Å². The van der Waals surface area contributed by atoms with E-state index in [1.54, 1.807) is 12.1 Å². The smallest absolute Gasteiger partial charge is 0.145 e. The Morgan fingerprint density at radius 2 is 1.85 bits per heavy atom. The number of para-hydroxylation sites is 1. The van der Waals surface area contributed by atoms with E-state index in [4.69, 9.17) is 9.97 Å². The number of rotatable bonds is 9. The molecule has 0 atom stereocenters. The van der Waals surface area contributed by atoms with E-state index >= 15 is 0 Å². The van der Waals surface area contributed by atoms with Gasteiger partial charge in [0.15, 0.2) is 0 Å². The van der Waals surface area contributed by atoms with Gasteiger partial charge in [0.2, 0.25) is 0 Å². The van der Waals surface area contributed by atoms with Crippen LogP contribution >= 0.6 is 0 Å². The summed E-state index contributed by atoms with van der Waals surface area (Å²) in [4.78, 5) is 11.6. The molecule has 1 aromatic heterocycles. The van der Waals surface area contributed by atoms with Crippen LogP contribution in [0.3, 0.4) is 0 Å². The van der Waals surface area contributed by atoms with E-state index in [9.17, 15) is 5.11 Å². The molecule has 0 fully saturated rings. The molecule has 0 bridgehead atoms. The molecule has 6 nitrogen and oxygen atoms in total. The van der Waals surface area contributed by atoms with E-state index in [2.05, 4.69) is 21.6 Å². The number of nitrogens with zero attached hydrogens (tertiary/aromatic N) is 3. The monoisotopic (exact) mass is 365 g/mol. The second kappa shape index (κ2) is 9.30. The number of aromatic nitrogens is 2. The molecule has 0 radical (unpaired) electrons. The average Bonchev–Trinajstić information content (AvgIpc) is 2.65. The van der Waals surface area contributed by atoms with Crippen LogP contribution in [0.1, 0.15) is 17.8 Å². The van der Waals surface area contributed by atoms with Crippen LogP contribution in [0.2, 0.25) is 0 Å². The van der Waals surface area contributed by atoms with E-state index in [0.29, 0.717) is 6.54 Å². The minimum atomic E-state index is 0.288. The molecule has 0 unspecified atom stereocenters. The van der Waals surface area contributed by atoms with E-state index in [-0.39, 0.29) is 5.75 Å². The molecule has 27 heavy (non-hydrogen) atoms. The Morgan fingerprint density at radius 1 is 1.00 bits per heavy atom. The number of nitrogens with one attached hydrogen (secondary N) is 2. The fourth-order valence-corrected chi connectivity index (χ4v) is 3.07. The van der Waals surface area contributed by atoms with Crippen LogP contribution in [0.15, 0.2) is 48.5 Å². The zero-order valence-corrected chi connectivity index (χ0v) is 15.9. The van der Waals surface area contributed by atoms with Crippen molar-refractivity contribution in [2.75, 3.05) is 32.5 Å². The number of phenolic OH excluding ortho intramolecular Hbond substituents is 1. The molecule has 0 saturated carbocycles. The lowest BCUT2D eigenvalue weighted by molar-refractivity contribution is 0.310. The van der Waals surface area contributed by atoms with Gasteiger partial charge in [0, 0.05) is 18.5 Å². The Labute approximate surface area is 160 Å². The van der Waals surface area contributed by atoms with Gasteiger partial charge in [0.05, 0.1) is 12.1 Å². The molecule has 3 N–H and O–H groups in total. The molecule has 0 aliphatic heterocycles. The van der Waals surface area contributed by atoms with Gasteiger partial charge in [-0.1, -0.05) is 24.3 Å². The van der Waals surface area contributed by atoms with Crippen LogP contribution in [0.5, 0.6) is 5.75 Å². The van der Waals surface area contributed by atoms with Gasteiger partial charge >= 0.3 is 0 Å². The predicted molar refractivity (Wildman–Crippen MR) is 110 cm³/mol. The Kier molecular flexibility index (Phi) is 6.57. The van der Waals surface area contributed by atoms with Crippen molar-refractivity contribution < 1.29 is 5.11 Å². The predicted octanol–water partition coefficient (Wildman–Crippen LogP) is 2.99. The molecule has 2 aromatic carbocycles. The maximum absolute atomic E-state index is 9.64. The second-order valence-corrected chi connectivity index (χ2v) is 6.73. The van der Waals surface area contributed by atoms with E-state index in [1.165, 1.54) is 0 Å². The molecular formula is C21H27N5O. The SMILES string of the molecule is CNCCCNc1nc(CN(C)Cc2cccc(O)c2)nc2ccccc12. The summed E-state index contributed by atoms with van der Waals surface area (Å²) in [5.41, 5.74) is 2.01. The molecular weight excluding hydrogens is 338 g/mol. The number of benzene rings is 2. The maximum atomic E-state index is 9.64. The number of hydrogen-bond acceptors (Lipinski definition) is 6. The molecule has 6 heteroatoms. The van der Waals surface area contributed by atoms with Crippen molar-refractivity contribution in [3.8, 4) is 5.75 Å². The van der Waals surface area contributed by atoms with Crippen molar-refractivity contribution in [1.29, 1.82) is 0 Å². The van der Waals surface area contributed by atoms with Gasteiger partial charge in [-0.25, -0.2) is 9.97 Å². The highest BCUT2D eigenvalue weighted by Crippen LogP contribution is 2.21. The number of phenols is 1. The zero-order chi connectivity index (χ0) is 19.1. The highest BCUT2D eigenvalue weighted by Gasteiger charge is 2.10. The molecule has 0 amide bonds. The Balaban J connectivity index is 1.75. The average molecular weight is 365 g/mol. The Morgan fingerprint density at radius 3 is 2.67 bits per heavy atom. The van der Waals surface area contributed by atoms with Crippen LogP contribution in [-0.2, 0) is 13.1 Å². The Bertz CT molecular complexity index is 883. The third kappa shape index (κ3) is 5.39. The summed E-state index contributed by atoms with van der Waals surface area (Å²) in [6.45, 7) is 3.18. The van der Waals surface area contributed by atoms with E-state index < -0.39 is 0 Å². The van der Waals surface area contributed by atoms with Crippen LogP contribution in [0.4, 0.5) is 5.82 Å². The third-order valence-electron chi connectivity index (χ3n) is 4.32. The van der Waals surface area contributed by atoms with Crippen molar-refractivity contribution in [2.24, 2.45) is 0 Å². The molecule has 0 spiro atoms. The lowest BCUT2D eigenvalue weighted by Gasteiger charge is -2.17. The largest absolute Gasteiger partial charge is 0.508 e. The summed E-state index contributed by atoms with van der Waals surface area (Å²) in [5, 5.41) is 17.3. The highest BCUT2D eigenvalue weighted by molar-refractivity contribution is 5.88. The summed E-state index contributed by atoms with van der Waals surface area (Å²) in [5.74, 6) is 1.96. The van der Waals surface area contributed by atoms with Gasteiger partial charge < -0.3 is 15.7 Å². The maximum Gasteiger partial charge on any atom is 0.145 e. The fraction of sp³-hybridized carbons (Fsp3) is 0.333. The van der Waals surface area contributed by atoms with Crippen LogP contribution < -0.4 is 10.6 Å². The molecule has 0 aliphatic carbocycles. The van der Waals surface area contributed by atoms with Crippen molar-refractivity contribution in [2.45, 2.75) is 19.5 Å². The third-order valence-corrected chi connectivity index (χ3v) is 4.32. The molecule has 3 aromatic rings. The minimum absolute atomic E-state index is 0.288. The first-order valence-corrected chi connectivity index (χ1v) is 9.26.